The number of nitrogens with one attached hydrogen (secondary N) is 1. The van der Waals surface area contributed by atoms with Gasteiger partial charge in [-0.25, -0.2) is 0 Å². The van der Waals surface area contributed by atoms with Gasteiger partial charge in [0.15, 0.2) is 0 Å². The van der Waals surface area contributed by atoms with Gasteiger partial charge < -0.3 is 0 Å². The maximum Gasteiger partial charge on any atom is 0.233 e. The average Bonchev–Trinajstić information content (AvgIpc) is 2.84. The van der Waals surface area contributed by atoms with Crippen molar-refractivity contribution in [3.8, 4) is 0 Å². The average molecular weight is 310 g/mol. The molecule has 2 bridgehead atoms. The summed E-state index contributed by atoms with van der Waals surface area (Å²) in [6.07, 6.45) is 0. The number of imide groups is 1. The van der Waals surface area contributed by atoms with Gasteiger partial charge in [-0.15, -0.1) is 11.6 Å². The monoisotopic (exact) mass is 309 g/mol. The molecule has 1 heterocycles. The molecule has 4 aliphatic rings. The molecule has 0 radical (unpaired) electrons. The van der Waals surface area contributed by atoms with E-state index in [0.717, 1.165) is 22.3 Å². The number of halogens is 1. The third kappa shape index (κ3) is 1.17. The van der Waals surface area contributed by atoms with Crippen LogP contribution in [0.15, 0.2) is 48.5 Å². The van der Waals surface area contributed by atoms with Gasteiger partial charge in [-0.3, -0.25) is 14.9 Å². The van der Waals surface area contributed by atoms with E-state index in [1.54, 1.807) is 0 Å². The number of hydrogen-bond acceptors (Lipinski definition) is 2. The van der Waals surface area contributed by atoms with E-state index in [4.69, 9.17) is 11.6 Å². The van der Waals surface area contributed by atoms with Gasteiger partial charge in [-0.05, 0) is 22.3 Å². The van der Waals surface area contributed by atoms with Gasteiger partial charge in [-0.1, -0.05) is 48.5 Å². The van der Waals surface area contributed by atoms with Crippen molar-refractivity contribution in [3.05, 3.63) is 70.8 Å². The fourth-order valence-electron chi connectivity index (χ4n) is 4.60. The number of carbonyl (C=O) groups excluding carboxylic acids is 2. The summed E-state index contributed by atoms with van der Waals surface area (Å²) in [6.45, 7) is 0. The fraction of sp³-hybridized carbons (Fsp3) is 0.222. The number of carbonyl (C=O) groups is 2. The molecular weight excluding hydrogens is 298 g/mol. The van der Waals surface area contributed by atoms with Crippen molar-refractivity contribution in [1.82, 2.24) is 5.32 Å². The molecule has 0 aromatic heterocycles. The summed E-state index contributed by atoms with van der Waals surface area (Å²) in [6, 6.07) is 15.8. The van der Waals surface area contributed by atoms with Crippen molar-refractivity contribution in [2.75, 3.05) is 0 Å². The van der Waals surface area contributed by atoms with Crippen LogP contribution < -0.4 is 5.32 Å². The van der Waals surface area contributed by atoms with Crippen LogP contribution in [-0.2, 0) is 14.5 Å². The van der Waals surface area contributed by atoms with E-state index in [0.29, 0.717) is 0 Å². The summed E-state index contributed by atoms with van der Waals surface area (Å²) in [5.41, 5.74) is 4.07. The fourth-order valence-corrected chi connectivity index (χ4v) is 5.18. The maximum atomic E-state index is 12.4. The number of amides is 2. The number of benzene rings is 2. The lowest BCUT2D eigenvalue weighted by Gasteiger charge is -2.50. The topological polar surface area (TPSA) is 46.2 Å². The predicted octanol–water partition coefficient (Wildman–Crippen LogP) is 2.52. The minimum Gasteiger partial charge on any atom is -0.296 e. The Morgan fingerprint density at radius 3 is 2.00 bits per heavy atom. The van der Waals surface area contributed by atoms with E-state index >= 15 is 0 Å². The Balaban J connectivity index is 1.94. The van der Waals surface area contributed by atoms with Gasteiger partial charge >= 0.3 is 0 Å². The summed E-state index contributed by atoms with van der Waals surface area (Å²) < 4.78 is 0. The Bertz CT molecular complexity index is 812. The maximum absolute atomic E-state index is 12.4. The Hall–Kier alpha value is -2.13. The predicted molar refractivity (Wildman–Crippen MR) is 81.5 cm³/mol. The van der Waals surface area contributed by atoms with Crippen LogP contribution in [-0.4, -0.2) is 11.8 Å². The first-order valence-corrected chi connectivity index (χ1v) is 7.74. The molecule has 108 valence electrons. The molecule has 2 aromatic carbocycles. The van der Waals surface area contributed by atoms with Crippen LogP contribution in [0.25, 0.3) is 0 Å². The van der Waals surface area contributed by atoms with Crippen LogP contribution in [0.1, 0.15) is 28.2 Å². The third-order valence-electron chi connectivity index (χ3n) is 5.35. The van der Waals surface area contributed by atoms with Gasteiger partial charge in [0.05, 0.1) is 11.8 Å². The molecule has 1 N–H and O–H groups in total. The van der Waals surface area contributed by atoms with Crippen molar-refractivity contribution >= 4 is 23.4 Å². The zero-order valence-corrected chi connectivity index (χ0v) is 12.3. The van der Waals surface area contributed by atoms with E-state index in [1.807, 2.05) is 48.5 Å². The summed E-state index contributed by atoms with van der Waals surface area (Å²) in [4.78, 5) is 23.8. The van der Waals surface area contributed by atoms with E-state index in [1.165, 1.54) is 0 Å². The van der Waals surface area contributed by atoms with Gasteiger partial charge in [0, 0.05) is 5.92 Å². The summed E-state index contributed by atoms with van der Waals surface area (Å²) in [5.74, 6) is -1.48. The van der Waals surface area contributed by atoms with Crippen LogP contribution in [0, 0.1) is 11.8 Å². The largest absolute Gasteiger partial charge is 0.296 e. The Morgan fingerprint density at radius 2 is 1.41 bits per heavy atom. The number of rotatable bonds is 0. The molecule has 22 heavy (non-hydrogen) atoms. The SMILES string of the molecule is O=C1NC(=O)[C@H]2[C@H]1C1c3ccccc3C2(Cl)c2ccccc21. The molecule has 2 amide bonds. The molecule has 0 saturated carbocycles. The van der Waals surface area contributed by atoms with Gasteiger partial charge in [0.1, 0.15) is 4.87 Å². The molecule has 3 nitrogen and oxygen atoms in total. The number of alkyl halides is 1. The van der Waals surface area contributed by atoms with E-state index in [9.17, 15) is 9.59 Å². The minimum absolute atomic E-state index is 0.0931. The highest BCUT2D eigenvalue weighted by atomic mass is 35.5. The van der Waals surface area contributed by atoms with E-state index in [-0.39, 0.29) is 17.7 Å². The van der Waals surface area contributed by atoms with Crippen molar-refractivity contribution in [1.29, 1.82) is 0 Å². The van der Waals surface area contributed by atoms with E-state index < -0.39 is 16.7 Å². The smallest absolute Gasteiger partial charge is 0.233 e. The lowest BCUT2D eigenvalue weighted by molar-refractivity contribution is -0.126. The normalized spacial score (nSPS) is 34.0. The molecule has 2 atom stereocenters. The molecule has 1 aliphatic heterocycles. The number of hydrogen-bond donors (Lipinski definition) is 1. The first-order chi connectivity index (χ1) is 10.6. The highest BCUT2D eigenvalue weighted by molar-refractivity contribution is 6.30. The minimum atomic E-state index is -0.956. The second-order valence-electron chi connectivity index (χ2n) is 6.22. The molecule has 1 fully saturated rings. The van der Waals surface area contributed by atoms with Crippen LogP contribution in [0.5, 0.6) is 0 Å². The lowest BCUT2D eigenvalue weighted by Crippen LogP contribution is -2.50. The zero-order valence-electron chi connectivity index (χ0n) is 11.5. The van der Waals surface area contributed by atoms with Crippen molar-refractivity contribution in [2.24, 2.45) is 11.8 Å². The van der Waals surface area contributed by atoms with Crippen LogP contribution in [0.4, 0.5) is 0 Å². The molecular formula is C18H12ClNO2. The summed E-state index contributed by atoms with van der Waals surface area (Å²) in [7, 11) is 0. The quantitative estimate of drug-likeness (QED) is 0.600. The highest BCUT2D eigenvalue weighted by Gasteiger charge is 2.65. The van der Waals surface area contributed by atoms with E-state index in [2.05, 4.69) is 5.32 Å². The van der Waals surface area contributed by atoms with Crippen LogP contribution >= 0.6 is 11.6 Å². The molecule has 2 aromatic rings. The molecule has 3 aliphatic carbocycles. The van der Waals surface area contributed by atoms with Gasteiger partial charge in [-0.2, -0.15) is 0 Å². The molecule has 1 saturated heterocycles. The summed E-state index contributed by atoms with van der Waals surface area (Å²) >= 11 is 7.11. The third-order valence-corrected chi connectivity index (χ3v) is 6.00. The van der Waals surface area contributed by atoms with Crippen LogP contribution in [0.3, 0.4) is 0 Å². The summed E-state index contributed by atoms with van der Waals surface area (Å²) in [5, 5.41) is 2.49. The first kappa shape index (κ1) is 12.4. The second kappa shape index (κ2) is 3.79. The van der Waals surface area contributed by atoms with Gasteiger partial charge in [0.25, 0.3) is 0 Å². The zero-order chi connectivity index (χ0) is 15.1. The Kier molecular flexibility index (Phi) is 2.14. The first-order valence-electron chi connectivity index (χ1n) is 7.36. The molecule has 6 rings (SSSR count). The van der Waals surface area contributed by atoms with Crippen molar-refractivity contribution in [3.63, 3.8) is 0 Å². The lowest BCUT2D eigenvalue weighted by atomic mass is 9.54. The molecule has 0 spiro atoms. The molecule has 0 unspecified atom stereocenters. The van der Waals surface area contributed by atoms with Crippen molar-refractivity contribution in [2.45, 2.75) is 10.8 Å². The second-order valence-corrected chi connectivity index (χ2v) is 6.82. The van der Waals surface area contributed by atoms with Gasteiger partial charge in [0.2, 0.25) is 11.8 Å². The van der Waals surface area contributed by atoms with Crippen LogP contribution in [0.2, 0.25) is 0 Å². The molecule has 4 heteroatoms. The standard InChI is InChI=1S/C18H12ClNO2/c19-18-11-7-3-1-5-9(11)13(10-6-2-4-8-12(10)18)14-15(18)17(22)20-16(14)21/h1-8,13-15H,(H,20,21,22)/t13?,14-,15-,18?/m1/s1. The Labute approximate surface area is 132 Å². The van der Waals surface area contributed by atoms with Crippen molar-refractivity contribution < 1.29 is 9.59 Å². The highest BCUT2D eigenvalue weighted by Crippen LogP contribution is 2.64. The Morgan fingerprint density at radius 1 is 0.864 bits per heavy atom.